The molecule has 7 heteroatoms. The topological polar surface area (TPSA) is 53.9 Å². The molecule has 2 aliphatic rings. The molecule has 5 nitrogen and oxygen atoms in total. The Hall–Kier alpha value is -2.54. The molecule has 2 aromatic heterocycles. The van der Waals surface area contributed by atoms with Gasteiger partial charge in [0, 0.05) is 30.9 Å². The predicted octanol–water partition coefficient (Wildman–Crippen LogP) is 4.97. The van der Waals surface area contributed by atoms with Crippen LogP contribution in [-0.4, -0.2) is 34.1 Å². The maximum atomic E-state index is 14.6. The number of aromatic nitrogens is 3. The van der Waals surface area contributed by atoms with E-state index in [0.29, 0.717) is 23.2 Å². The van der Waals surface area contributed by atoms with E-state index in [1.165, 1.54) is 25.3 Å². The first-order valence-corrected chi connectivity index (χ1v) is 10.7. The monoisotopic (exact) mass is 395 g/mol. The normalized spacial score (nSPS) is 17.0. The minimum Gasteiger partial charge on any atom is -0.351 e. The van der Waals surface area contributed by atoms with Crippen LogP contribution in [0.3, 0.4) is 0 Å². The van der Waals surface area contributed by atoms with E-state index in [0.717, 1.165) is 41.6 Å². The molecule has 0 unspecified atom stereocenters. The predicted molar refractivity (Wildman–Crippen MR) is 111 cm³/mol. The van der Waals surface area contributed by atoms with Gasteiger partial charge in [0.05, 0.1) is 16.3 Å². The Bertz CT molecular complexity index is 978. The maximum Gasteiger partial charge on any atom is 0.223 e. The first-order valence-electron chi connectivity index (χ1n) is 9.88. The summed E-state index contributed by atoms with van der Waals surface area (Å²) in [6, 6.07) is 9.20. The number of thiazole rings is 1. The SMILES string of the molecule is Fc1ccccc1-c1nc(N2CCCCC2)sc1-c1ccnc(NC2CC2)n1. The zero-order chi connectivity index (χ0) is 18.9. The van der Waals surface area contributed by atoms with Crippen molar-refractivity contribution in [1.82, 2.24) is 15.0 Å². The molecule has 0 amide bonds. The Morgan fingerprint density at radius 2 is 1.86 bits per heavy atom. The second-order valence-corrected chi connectivity index (χ2v) is 8.36. The van der Waals surface area contributed by atoms with Crippen LogP contribution in [-0.2, 0) is 0 Å². The highest BCUT2D eigenvalue weighted by molar-refractivity contribution is 7.19. The van der Waals surface area contributed by atoms with Crippen molar-refractivity contribution in [2.75, 3.05) is 23.3 Å². The van der Waals surface area contributed by atoms with Gasteiger partial charge in [-0.1, -0.05) is 23.5 Å². The summed E-state index contributed by atoms with van der Waals surface area (Å²) in [5, 5.41) is 4.29. The van der Waals surface area contributed by atoms with Crippen molar-refractivity contribution in [2.24, 2.45) is 0 Å². The zero-order valence-electron chi connectivity index (χ0n) is 15.6. The summed E-state index contributed by atoms with van der Waals surface area (Å²) >= 11 is 1.60. The van der Waals surface area contributed by atoms with Crippen molar-refractivity contribution >= 4 is 22.4 Å². The molecule has 0 radical (unpaired) electrons. The number of rotatable bonds is 5. The van der Waals surface area contributed by atoms with Gasteiger partial charge < -0.3 is 10.2 Å². The lowest BCUT2D eigenvalue weighted by Crippen LogP contribution is -2.29. The molecule has 1 saturated carbocycles. The molecule has 1 saturated heterocycles. The minimum atomic E-state index is -0.260. The molecule has 3 aromatic rings. The smallest absolute Gasteiger partial charge is 0.223 e. The second-order valence-electron chi connectivity index (χ2n) is 7.39. The molecule has 1 N–H and O–H groups in total. The van der Waals surface area contributed by atoms with Crippen LogP contribution in [0.5, 0.6) is 0 Å². The number of piperidine rings is 1. The first kappa shape index (κ1) is 17.6. The highest BCUT2D eigenvalue weighted by Gasteiger charge is 2.24. The molecule has 5 rings (SSSR count). The van der Waals surface area contributed by atoms with E-state index >= 15 is 0 Å². The summed E-state index contributed by atoms with van der Waals surface area (Å²) in [4.78, 5) is 17.1. The van der Waals surface area contributed by atoms with E-state index in [1.54, 1.807) is 29.7 Å². The number of anilines is 2. The van der Waals surface area contributed by atoms with Crippen LogP contribution in [0.2, 0.25) is 0 Å². The van der Waals surface area contributed by atoms with Gasteiger partial charge in [-0.3, -0.25) is 0 Å². The molecular weight excluding hydrogens is 373 g/mol. The van der Waals surface area contributed by atoms with Gasteiger partial charge in [0.15, 0.2) is 5.13 Å². The van der Waals surface area contributed by atoms with Crippen molar-refractivity contribution in [3.8, 4) is 21.8 Å². The van der Waals surface area contributed by atoms with Gasteiger partial charge in [0.25, 0.3) is 0 Å². The van der Waals surface area contributed by atoms with Gasteiger partial charge >= 0.3 is 0 Å². The molecular formula is C21H22FN5S. The lowest BCUT2D eigenvalue weighted by Gasteiger charge is -2.25. The molecule has 144 valence electrons. The Kier molecular flexibility index (Phi) is 4.68. The number of nitrogens with one attached hydrogen (secondary N) is 1. The second kappa shape index (κ2) is 7.47. The molecule has 0 atom stereocenters. The number of benzene rings is 1. The van der Waals surface area contributed by atoms with Crippen molar-refractivity contribution < 1.29 is 4.39 Å². The van der Waals surface area contributed by atoms with Gasteiger partial charge in [-0.25, -0.2) is 19.3 Å². The third-order valence-electron chi connectivity index (χ3n) is 5.17. The van der Waals surface area contributed by atoms with Gasteiger partial charge in [-0.05, 0) is 50.3 Å². The molecule has 3 heterocycles. The van der Waals surface area contributed by atoms with E-state index in [2.05, 4.69) is 15.2 Å². The molecule has 2 fully saturated rings. The Morgan fingerprint density at radius 3 is 2.64 bits per heavy atom. The molecule has 1 aliphatic carbocycles. The molecule has 0 bridgehead atoms. The van der Waals surface area contributed by atoms with E-state index in [1.807, 2.05) is 12.1 Å². The van der Waals surface area contributed by atoms with Crippen LogP contribution in [0.4, 0.5) is 15.5 Å². The number of hydrogen-bond acceptors (Lipinski definition) is 6. The fourth-order valence-corrected chi connectivity index (χ4v) is 4.61. The number of hydrogen-bond donors (Lipinski definition) is 1. The molecule has 1 aromatic carbocycles. The standard InChI is InChI=1S/C21H22FN5S/c22-16-7-3-2-6-15(16)18-19(28-21(26-18)27-12-4-1-5-13-27)17-10-11-23-20(25-17)24-14-8-9-14/h2-3,6-7,10-11,14H,1,4-5,8-9,12-13H2,(H,23,24,25). The maximum absolute atomic E-state index is 14.6. The summed E-state index contributed by atoms with van der Waals surface area (Å²) in [6.45, 7) is 2.00. The van der Waals surface area contributed by atoms with E-state index in [9.17, 15) is 4.39 Å². The Labute approximate surface area is 167 Å². The third-order valence-corrected chi connectivity index (χ3v) is 6.31. The quantitative estimate of drug-likeness (QED) is 0.661. The molecule has 1 aliphatic heterocycles. The zero-order valence-corrected chi connectivity index (χ0v) is 16.4. The van der Waals surface area contributed by atoms with Crippen molar-refractivity contribution in [3.05, 3.63) is 42.3 Å². The lowest BCUT2D eigenvalue weighted by atomic mass is 10.1. The lowest BCUT2D eigenvalue weighted by molar-refractivity contribution is 0.577. The van der Waals surface area contributed by atoms with Crippen LogP contribution < -0.4 is 10.2 Å². The average Bonchev–Trinajstić information content (AvgIpc) is 3.43. The summed E-state index contributed by atoms with van der Waals surface area (Å²) < 4.78 is 14.6. The van der Waals surface area contributed by atoms with Crippen LogP contribution in [0.25, 0.3) is 21.8 Å². The largest absolute Gasteiger partial charge is 0.351 e. The molecule has 0 spiro atoms. The number of nitrogens with zero attached hydrogens (tertiary/aromatic N) is 4. The minimum absolute atomic E-state index is 0.260. The van der Waals surface area contributed by atoms with Crippen LogP contribution in [0, 0.1) is 5.82 Å². The van der Waals surface area contributed by atoms with E-state index in [4.69, 9.17) is 9.97 Å². The van der Waals surface area contributed by atoms with Gasteiger partial charge in [0.2, 0.25) is 5.95 Å². The van der Waals surface area contributed by atoms with Gasteiger partial charge in [-0.2, -0.15) is 0 Å². The Balaban J connectivity index is 1.58. The highest BCUT2D eigenvalue weighted by Crippen LogP contribution is 2.41. The van der Waals surface area contributed by atoms with Crippen molar-refractivity contribution in [2.45, 2.75) is 38.1 Å². The summed E-state index contributed by atoms with van der Waals surface area (Å²) in [6.07, 6.45) is 7.69. The van der Waals surface area contributed by atoms with Gasteiger partial charge in [-0.15, -0.1) is 0 Å². The summed E-state index contributed by atoms with van der Waals surface area (Å²) in [5.74, 6) is 0.372. The average molecular weight is 396 g/mol. The fraction of sp³-hybridized carbons (Fsp3) is 0.381. The highest BCUT2D eigenvalue weighted by atomic mass is 32.1. The molecule has 28 heavy (non-hydrogen) atoms. The van der Waals surface area contributed by atoms with E-state index in [-0.39, 0.29) is 5.82 Å². The third kappa shape index (κ3) is 3.58. The summed E-state index contributed by atoms with van der Waals surface area (Å²) in [7, 11) is 0. The summed E-state index contributed by atoms with van der Waals surface area (Å²) in [5.41, 5.74) is 1.98. The van der Waals surface area contributed by atoms with Gasteiger partial charge in [0.1, 0.15) is 5.82 Å². The fourth-order valence-electron chi connectivity index (χ4n) is 3.50. The first-order chi connectivity index (χ1) is 13.8. The van der Waals surface area contributed by atoms with Crippen LogP contribution in [0.15, 0.2) is 36.5 Å². The van der Waals surface area contributed by atoms with Crippen molar-refractivity contribution in [3.63, 3.8) is 0 Å². The van der Waals surface area contributed by atoms with Crippen LogP contribution in [0.1, 0.15) is 32.1 Å². The number of halogens is 1. The Morgan fingerprint density at radius 1 is 1.04 bits per heavy atom. The van der Waals surface area contributed by atoms with Crippen molar-refractivity contribution in [1.29, 1.82) is 0 Å². The van der Waals surface area contributed by atoms with E-state index < -0.39 is 0 Å². The van der Waals surface area contributed by atoms with Crippen LogP contribution >= 0.6 is 11.3 Å².